The minimum atomic E-state index is -0.194. The van der Waals surface area contributed by atoms with Crippen molar-refractivity contribution < 1.29 is 4.39 Å². The summed E-state index contributed by atoms with van der Waals surface area (Å²) in [6, 6.07) is 15.1. The standard InChI is InChI=1S/C17H16FN/c1-3-19-12(2)17(13-8-10-14(18)11-9-13)15-6-4-5-7-16(15)19/h4-11H,3H2,1-2H3. The van der Waals surface area contributed by atoms with Crippen molar-refractivity contribution in [3.8, 4) is 11.1 Å². The first-order valence-corrected chi connectivity index (χ1v) is 6.56. The lowest BCUT2D eigenvalue weighted by atomic mass is 10.0. The molecule has 0 spiro atoms. The average Bonchev–Trinajstić information content (AvgIpc) is 2.71. The number of benzene rings is 2. The quantitative estimate of drug-likeness (QED) is 0.619. The molecular formula is C17H16FN. The van der Waals surface area contributed by atoms with Crippen LogP contribution in [0.5, 0.6) is 0 Å². The topological polar surface area (TPSA) is 4.93 Å². The Balaban J connectivity index is 2.34. The highest BCUT2D eigenvalue weighted by molar-refractivity contribution is 5.98. The van der Waals surface area contributed by atoms with Crippen molar-refractivity contribution >= 4 is 10.9 Å². The van der Waals surface area contributed by atoms with Crippen LogP contribution in [-0.4, -0.2) is 4.57 Å². The van der Waals surface area contributed by atoms with Crippen LogP contribution >= 0.6 is 0 Å². The first kappa shape index (κ1) is 12.0. The zero-order chi connectivity index (χ0) is 13.4. The molecule has 0 unspecified atom stereocenters. The van der Waals surface area contributed by atoms with Gasteiger partial charge in [0.1, 0.15) is 5.82 Å². The lowest BCUT2D eigenvalue weighted by molar-refractivity contribution is 0.628. The summed E-state index contributed by atoms with van der Waals surface area (Å²) in [5.74, 6) is -0.194. The van der Waals surface area contributed by atoms with Crippen molar-refractivity contribution in [3.05, 3.63) is 60.0 Å². The largest absolute Gasteiger partial charge is 0.345 e. The number of aromatic nitrogens is 1. The molecule has 0 N–H and O–H groups in total. The molecule has 1 aromatic heterocycles. The van der Waals surface area contributed by atoms with E-state index in [1.807, 2.05) is 12.1 Å². The highest BCUT2D eigenvalue weighted by Gasteiger charge is 2.13. The van der Waals surface area contributed by atoms with Gasteiger partial charge in [0.25, 0.3) is 0 Å². The highest BCUT2D eigenvalue weighted by Crippen LogP contribution is 2.34. The predicted molar refractivity (Wildman–Crippen MR) is 77.7 cm³/mol. The molecule has 0 amide bonds. The molecule has 0 saturated heterocycles. The van der Waals surface area contributed by atoms with Gasteiger partial charge in [-0.1, -0.05) is 30.3 Å². The van der Waals surface area contributed by atoms with Crippen LogP contribution in [0.25, 0.3) is 22.0 Å². The summed E-state index contributed by atoms with van der Waals surface area (Å²) >= 11 is 0. The molecule has 1 heterocycles. The second kappa shape index (κ2) is 4.54. The highest BCUT2D eigenvalue weighted by atomic mass is 19.1. The molecule has 0 saturated carbocycles. The molecule has 19 heavy (non-hydrogen) atoms. The van der Waals surface area contributed by atoms with Gasteiger partial charge in [-0.3, -0.25) is 0 Å². The number of hydrogen-bond acceptors (Lipinski definition) is 0. The van der Waals surface area contributed by atoms with Gasteiger partial charge >= 0.3 is 0 Å². The van der Waals surface area contributed by atoms with E-state index in [4.69, 9.17) is 0 Å². The number of halogens is 1. The van der Waals surface area contributed by atoms with Crippen molar-refractivity contribution in [2.24, 2.45) is 0 Å². The Morgan fingerprint density at radius 1 is 1.00 bits per heavy atom. The zero-order valence-corrected chi connectivity index (χ0v) is 11.2. The fourth-order valence-corrected chi connectivity index (χ4v) is 2.82. The molecule has 96 valence electrons. The SMILES string of the molecule is CCn1c(C)c(-c2ccc(F)cc2)c2ccccc21. The average molecular weight is 253 g/mol. The summed E-state index contributed by atoms with van der Waals surface area (Å²) in [4.78, 5) is 0. The van der Waals surface area contributed by atoms with E-state index in [1.54, 1.807) is 0 Å². The van der Waals surface area contributed by atoms with E-state index in [0.717, 1.165) is 12.1 Å². The number of aryl methyl sites for hydroxylation is 1. The molecule has 2 heteroatoms. The number of nitrogens with zero attached hydrogens (tertiary/aromatic N) is 1. The third-order valence-electron chi connectivity index (χ3n) is 3.68. The molecule has 3 aromatic rings. The number of para-hydroxylation sites is 1. The Morgan fingerprint density at radius 3 is 2.37 bits per heavy atom. The van der Waals surface area contributed by atoms with Crippen LogP contribution in [0.2, 0.25) is 0 Å². The van der Waals surface area contributed by atoms with E-state index >= 15 is 0 Å². The number of hydrogen-bond donors (Lipinski definition) is 0. The maximum Gasteiger partial charge on any atom is 0.123 e. The third-order valence-corrected chi connectivity index (χ3v) is 3.68. The van der Waals surface area contributed by atoms with E-state index < -0.39 is 0 Å². The van der Waals surface area contributed by atoms with Crippen LogP contribution in [0.4, 0.5) is 4.39 Å². The van der Waals surface area contributed by atoms with Gasteiger partial charge in [-0.05, 0) is 37.6 Å². The Labute approximate surface area is 112 Å². The zero-order valence-electron chi connectivity index (χ0n) is 11.2. The number of fused-ring (bicyclic) bond motifs is 1. The van der Waals surface area contributed by atoms with Crippen molar-refractivity contribution in [2.75, 3.05) is 0 Å². The fourth-order valence-electron chi connectivity index (χ4n) is 2.82. The summed E-state index contributed by atoms with van der Waals surface area (Å²) in [6.45, 7) is 5.21. The minimum absolute atomic E-state index is 0.194. The van der Waals surface area contributed by atoms with E-state index in [1.165, 1.54) is 34.3 Å². The van der Waals surface area contributed by atoms with Crippen LogP contribution in [0.3, 0.4) is 0 Å². The van der Waals surface area contributed by atoms with Crippen LogP contribution < -0.4 is 0 Å². The summed E-state index contributed by atoms with van der Waals surface area (Å²) in [7, 11) is 0. The Bertz CT molecular complexity index is 723. The van der Waals surface area contributed by atoms with Gasteiger partial charge in [0.15, 0.2) is 0 Å². The molecule has 0 bridgehead atoms. The summed E-state index contributed by atoms with van der Waals surface area (Å²) < 4.78 is 15.4. The fraction of sp³-hybridized carbons (Fsp3) is 0.176. The smallest absolute Gasteiger partial charge is 0.123 e. The van der Waals surface area contributed by atoms with E-state index in [0.29, 0.717) is 0 Å². The van der Waals surface area contributed by atoms with Gasteiger partial charge in [-0.2, -0.15) is 0 Å². The molecule has 0 aliphatic carbocycles. The summed E-state index contributed by atoms with van der Waals surface area (Å²) in [6.07, 6.45) is 0. The van der Waals surface area contributed by atoms with E-state index in [-0.39, 0.29) is 5.82 Å². The predicted octanol–water partition coefficient (Wildman–Crippen LogP) is 4.78. The van der Waals surface area contributed by atoms with E-state index in [2.05, 4.69) is 42.7 Å². The lowest BCUT2D eigenvalue weighted by Gasteiger charge is -2.05. The molecule has 3 rings (SSSR count). The van der Waals surface area contributed by atoms with Crippen molar-refractivity contribution in [1.82, 2.24) is 4.57 Å². The number of rotatable bonds is 2. The van der Waals surface area contributed by atoms with Gasteiger partial charge in [-0.15, -0.1) is 0 Å². The van der Waals surface area contributed by atoms with Crippen LogP contribution in [-0.2, 0) is 6.54 Å². The molecule has 0 aliphatic heterocycles. The lowest BCUT2D eigenvalue weighted by Crippen LogP contribution is -1.96. The molecule has 0 fully saturated rings. The van der Waals surface area contributed by atoms with Gasteiger partial charge in [-0.25, -0.2) is 4.39 Å². The van der Waals surface area contributed by atoms with Crippen LogP contribution in [0.1, 0.15) is 12.6 Å². The van der Waals surface area contributed by atoms with Gasteiger partial charge in [0.05, 0.1) is 0 Å². The summed E-state index contributed by atoms with van der Waals surface area (Å²) in [5, 5.41) is 1.23. The Morgan fingerprint density at radius 2 is 1.68 bits per heavy atom. The van der Waals surface area contributed by atoms with Gasteiger partial charge in [0.2, 0.25) is 0 Å². The second-order valence-electron chi connectivity index (χ2n) is 4.73. The first-order valence-electron chi connectivity index (χ1n) is 6.56. The molecule has 0 radical (unpaired) electrons. The van der Waals surface area contributed by atoms with Crippen molar-refractivity contribution in [3.63, 3.8) is 0 Å². The maximum absolute atomic E-state index is 13.1. The van der Waals surface area contributed by atoms with Crippen molar-refractivity contribution in [2.45, 2.75) is 20.4 Å². The maximum atomic E-state index is 13.1. The van der Waals surface area contributed by atoms with Gasteiger partial charge in [0, 0.05) is 28.7 Å². The second-order valence-corrected chi connectivity index (χ2v) is 4.73. The van der Waals surface area contributed by atoms with Crippen LogP contribution in [0, 0.1) is 12.7 Å². The van der Waals surface area contributed by atoms with Gasteiger partial charge < -0.3 is 4.57 Å². The Kier molecular flexibility index (Phi) is 2.86. The monoisotopic (exact) mass is 253 g/mol. The molecule has 0 atom stereocenters. The minimum Gasteiger partial charge on any atom is -0.345 e. The molecule has 2 aromatic carbocycles. The van der Waals surface area contributed by atoms with Crippen LogP contribution in [0.15, 0.2) is 48.5 Å². The third kappa shape index (κ3) is 1.84. The normalized spacial score (nSPS) is 11.1. The van der Waals surface area contributed by atoms with Crippen molar-refractivity contribution in [1.29, 1.82) is 0 Å². The summed E-state index contributed by atoms with van der Waals surface area (Å²) in [5.41, 5.74) is 4.75. The molecule has 0 aliphatic rings. The Hall–Kier alpha value is -2.09. The molecular weight excluding hydrogens is 237 g/mol. The first-order chi connectivity index (χ1) is 9.22. The molecule has 1 nitrogen and oxygen atoms in total. The van der Waals surface area contributed by atoms with E-state index in [9.17, 15) is 4.39 Å².